The molecule has 7 nitrogen and oxygen atoms in total. The van der Waals surface area contributed by atoms with Crippen LogP contribution in [0.1, 0.15) is 20.7 Å². The summed E-state index contributed by atoms with van der Waals surface area (Å²) >= 11 is 1.86. The summed E-state index contributed by atoms with van der Waals surface area (Å²) in [5.74, 6) is -1.45. The van der Waals surface area contributed by atoms with E-state index in [9.17, 15) is 14.4 Å². The van der Waals surface area contributed by atoms with Gasteiger partial charge in [-0.3, -0.25) is 14.4 Å². The number of hydrogen-bond acceptors (Lipinski definition) is 4. The molecule has 8 heteroatoms. The quantitative estimate of drug-likeness (QED) is 0.629. The van der Waals surface area contributed by atoms with E-state index in [1.807, 2.05) is 22.6 Å². The summed E-state index contributed by atoms with van der Waals surface area (Å²) in [5.41, 5.74) is 6.00. The van der Waals surface area contributed by atoms with E-state index in [2.05, 4.69) is 10.6 Å². The Morgan fingerprint density at radius 2 is 1.90 bits per heavy atom. The second-order valence-corrected chi connectivity index (χ2v) is 4.89. The molecule has 1 aromatic rings. The summed E-state index contributed by atoms with van der Waals surface area (Å²) in [7, 11) is 2.86. The maximum Gasteiger partial charge on any atom is 0.252 e. The molecule has 1 aromatic carbocycles. The second-order valence-electron chi connectivity index (χ2n) is 3.81. The summed E-state index contributed by atoms with van der Waals surface area (Å²) in [6, 6.07) is 2.89. The molecule has 0 spiro atoms. The van der Waals surface area contributed by atoms with Crippen molar-refractivity contribution in [2.45, 2.75) is 0 Å². The predicted molar refractivity (Wildman–Crippen MR) is 81.6 cm³/mol. The van der Waals surface area contributed by atoms with E-state index < -0.39 is 11.8 Å². The molecule has 0 bridgehead atoms. The maximum atomic E-state index is 11.8. The maximum absolute atomic E-state index is 11.8. The van der Waals surface area contributed by atoms with Crippen molar-refractivity contribution >= 4 is 46.0 Å². The number of carbonyl (C=O) groups is 3. The molecule has 20 heavy (non-hydrogen) atoms. The molecule has 0 atom stereocenters. The molecule has 1 rings (SSSR count). The smallest absolute Gasteiger partial charge is 0.252 e. The monoisotopic (exact) mass is 391 g/mol. The predicted octanol–water partition coefficient (Wildman–Crippen LogP) is 0.335. The Morgan fingerprint density at radius 3 is 2.40 bits per heavy atom. The third-order valence-corrected chi connectivity index (χ3v) is 3.53. The molecular formula is C12H14IN3O4. The largest absolute Gasteiger partial charge is 0.375 e. The fourth-order valence-electron chi connectivity index (χ4n) is 1.50. The fraction of sp³-hybridized carbons (Fsp3) is 0.250. The van der Waals surface area contributed by atoms with E-state index in [0.717, 1.165) is 0 Å². The van der Waals surface area contributed by atoms with Crippen LogP contribution in [-0.4, -0.2) is 38.5 Å². The van der Waals surface area contributed by atoms with Gasteiger partial charge in [0.1, 0.15) is 6.61 Å². The molecule has 0 saturated heterocycles. The van der Waals surface area contributed by atoms with Crippen LogP contribution in [0.3, 0.4) is 0 Å². The van der Waals surface area contributed by atoms with Gasteiger partial charge in [0.25, 0.3) is 5.91 Å². The zero-order valence-corrected chi connectivity index (χ0v) is 13.1. The number of methoxy groups -OCH3 is 1. The zero-order valence-electron chi connectivity index (χ0n) is 11.0. The molecule has 0 unspecified atom stereocenters. The first-order valence-corrected chi connectivity index (χ1v) is 6.62. The van der Waals surface area contributed by atoms with Gasteiger partial charge in [-0.1, -0.05) is 0 Å². The highest BCUT2D eigenvalue weighted by atomic mass is 127. The van der Waals surface area contributed by atoms with Gasteiger partial charge in [-0.15, -0.1) is 0 Å². The summed E-state index contributed by atoms with van der Waals surface area (Å²) in [6.07, 6.45) is 0. The highest BCUT2D eigenvalue weighted by Gasteiger charge is 2.17. The first-order chi connectivity index (χ1) is 9.40. The van der Waals surface area contributed by atoms with E-state index in [1.165, 1.54) is 26.3 Å². The minimum Gasteiger partial charge on any atom is -0.375 e. The molecule has 4 N–H and O–H groups in total. The van der Waals surface area contributed by atoms with Crippen LogP contribution in [0.25, 0.3) is 0 Å². The molecule has 0 aromatic heterocycles. The summed E-state index contributed by atoms with van der Waals surface area (Å²) in [5, 5.41) is 4.99. The average molecular weight is 391 g/mol. The molecular weight excluding hydrogens is 377 g/mol. The van der Waals surface area contributed by atoms with Gasteiger partial charge >= 0.3 is 0 Å². The van der Waals surface area contributed by atoms with Crippen molar-refractivity contribution in [1.29, 1.82) is 0 Å². The molecule has 0 aliphatic heterocycles. The van der Waals surface area contributed by atoms with Crippen LogP contribution in [0, 0.1) is 3.57 Å². The standard InChI is InChI=1S/C12H14IN3O4/c1-15-12(19)8-4-6(16-9(17)5-20-2)3-7(10(8)13)11(14)18/h3-4H,5H2,1-2H3,(H2,14,18)(H,15,19)(H,16,17). The van der Waals surface area contributed by atoms with Crippen LogP contribution in [-0.2, 0) is 9.53 Å². The Morgan fingerprint density at radius 1 is 1.30 bits per heavy atom. The molecule has 108 valence electrons. The van der Waals surface area contributed by atoms with Crippen molar-refractivity contribution in [2.75, 3.05) is 26.1 Å². The summed E-state index contributed by atoms with van der Waals surface area (Å²) in [6.45, 7) is -0.132. The number of nitrogens with one attached hydrogen (secondary N) is 2. The van der Waals surface area contributed by atoms with Crippen molar-refractivity contribution in [3.63, 3.8) is 0 Å². The van der Waals surface area contributed by atoms with Gasteiger partial charge in [0, 0.05) is 23.4 Å². The van der Waals surface area contributed by atoms with Gasteiger partial charge in [-0.05, 0) is 34.7 Å². The SMILES string of the molecule is CNC(=O)c1cc(NC(=O)COC)cc(C(N)=O)c1I. The zero-order chi connectivity index (χ0) is 15.3. The average Bonchev–Trinajstić information content (AvgIpc) is 2.39. The first kappa shape index (κ1) is 16.4. The van der Waals surface area contributed by atoms with Crippen molar-refractivity contribution in [3.8, 4) is 0 Å². The lowest BCUT2D eigenvalue weighted by Gasteiger charge is -2.11. The normalized spacial score (nSPS) is 9.95. The Kier molecular flexibility index (Phi) is 5.89. The third-order valence-electron chi connectivity index (χ3n) is 2.37. The lowest BCUT2D eigenvalue weighted by Crippen LogP contribution is -2.23. The van der Waals surface area contributed by atoms with Gasteiger partial charge in [-0.25, -0.2) is 0 Å². The van der Waals surface area contributed by atoms with Crippen molar-refractivity contribution in [1.82, 2.24) is 5.32 Å². The number of primary amides is 1. The van der Waals surface area contributed by atoms with Crippen molar-refractivity contribution < 1.29 is 19.1 Å². The first-order valence-electron chi connectivity index (χ1n) is 5.55. The third kappa shape index (κ3) is 3.90. The minimum absolute atomic E-state index is 0.132. The second kappa shape index (κ2) is 7.20. The van der Waals surface area contributed by atoms with Crippen LogP contribution in [0.4, 0.5) is 5.69 Å². The van der Waals surface area contributed by atoms with Gasteiger partial charge in [0.05, 0.1) is 11.1 Å². The fourth-order valence-corrected chi connectivity index (χ4v) is 2.33. The van der Waals surface area contributed by atoms with E-state index >= 15 is 0 Å². The number of amides is 3. The lowest BCUT2D eigenvalue weighted by atomic mass is 10.1. The number of carbonyl (C=O) groups excluding carboxylic acids is 3. The number of rotatable bonds is 5. The van der Waals surface area contributed by atoms with Gasteiger partial charge in [0.2, 0.25) is 11.8 Å². The lowest BCUT2D eigenvalue weighted by molar-refractivity contribution is -0.119. The van der Waals surface area contributed by atoms with E-state index in [0.29, 0.717) is 9.26 Å². The number of benzene rings is 1. The molecule has 0 saturated carbocycles. The number of ether oxygens (including phenoxy) is 1. The van der Waals surface area contributed by atoms with Crippen LogP contribution in [0.2, 0.25) is 0 Å². The van der Waals surface area contributed by atoms with E-state index in [1.54, 1.807) is 0 Å². The number of nitrogens with two attached hydrogens (primary N) is 1. The Hall–Kier alpha value is -1.68. The topological polar surface area (TPSA) is 111 Å². The summed E-state index contributed by atoms with van der Waals surface area (Å²) in [4.78, 5) is 34.6. The Bertz CT molecular complexity index is 560. The number of hydrogen-bond donors (Lipinski definition) is 3. The van der Waals surface area contributed by atoms with Gasteiger partial charge < -0.3 is 21.1 Å². The van der Waals surface area contributed by atoms with Crippen LogP contribution in [0.15, 0.2) is 12.1 Å². The molecule has 0 fully saturated rings. The van der Waals surface area contributed by atoms with E-state index in [-0.39, 0.29) is 23.6 Å². The van der Waals surface area contributed by atoms with Crippen LogP contribution < -0.4 is 16.4 Å². The van der Waals surface area contributed by atoms with E-state index in [4.69, 9.17) is 10.5 Å². The van der Waals surface area contributed by atoms with Crippen molar-refractivity contribution in [2.24, 2.45) is 5.73 Å². The Balaban J connectivity index is 3.26. The summed E-state index contributed by atoms with van der Waals surface area (Å²) < 4.78 is 5.12. The van der Waals surface area contributed by atoms with Gasteiger partial charge in [-0.2, -0.15) is 0 Å². The van der Waals surface area contributed by atoms with Crippen molar-refractivity contribution in [3.05, 3.63) is 26.8 Å². The molecule has 0 aliphatic rings. The highest BCUT2D eigenvalue weighted by molar-refractivity contribution is 14.1. The van der Waals surface area contributed by atoms with Gasteiger partial charge in [0.15, 0.2) is 0 Å². The van der Waals surface area contributed by atoms with Crippen LogP contribution in [0.5, 0.6) is 0 Å². The Labute approximate surface area is 129 Å². The molecule has 0 radical (unpaired) electrons. The number of halogens is 1. The molecule has 3 amide bonds. The number of anilines is 1. The highest BCUT2D eigenvalue weighted by Crippen LogP contribution is 2.23. The molecule has 0 aliphatic carbocycles. The van der Waals surface area contributed by atoms with Crippen LogP contribution >= 0.6 is 22.6 Å². The molecule has 0 heterocycles. The minimum atomic E-state index is -0.678.